The molecule has 1 aliphatic rings. The molecule has 2 atom stereocenters. The zero-order valence-electron chi connectivity index (χ0n) is 11.5. The lowest BCUT2D eigenvalue weighted by Gasteiger charge is -2.34. The van der Waals surface area contributed by atoms with Crippen molar-refractivity contribution in [3.8, 4) is 0 Å². The van der Waals surface area contributed by atoms with Gasteiger partial charge in [0.1, 0.15) is 6.10 Å². The molecule has 2 rings (SSSR count). The number of rotatable bonds is 5. The second-order valence-electron chi connectivity index (χ2n) is 4.59. The molecule has 114 valence electrons. The molecular weight excluding hydrogens is 316 g/mol. The maximum Gasteiger partial charge on any atom is 0.239 e. The highest BCUT2D eigenvalue weighted by atomic mass is 35.5. The van der Waals surface area contributed by atoms with Gasteiger partial charge in [0.05, 0.1) is 19.2 Å². The Bertz CT molecular complexity index is 403. The minimum absolute atomic E-state index is 0. The molecule has 1 aliphatic heterocycles. The molecular formula is C13H21ClN2O2S2. The number of thioether (sulfide) groups is 1. The summed E-state index contributed by atoms with van der Waals surface area (Å²) in [4.78, 5) is 14.1. The van der Waals surface area contributed by atoms with Crippen LogP contribution in [-0.4, -0.2) is 48.6 Å². The maximum absolute atomic E-state index is 12.3. The fraction of sp³-hybridized carbons (Fsp3) is 0.615. The second kappa shape index (κ2) is 8.89. The quantitative estimate of drug-likeness (QED) is 0.895. The van der Waals surface area contributed by atoms with Gasteiger partial charge in [-0.1, -0.05) is 0 Å². The standard InChI is InChI=1S/C13H20N2O2S2.ClH/c1-18-6-3-11(14)13(16)15-4-5-17-12(8-15)10-2-7-19-9-10;/h2,7,9,11-12H,3-6,8,14H2,1H3;1H/t11-,12?;/m0./s1. The number of morpholine rings is 1. The average molecular weight is 337 g/mol. The number of nitrogens with two attached hydrogens (primary N) is 1. The molecule has 2 heterocycles. The Morgan fingerprint density at radius 2 is 2.50 bits per heavy atom. The van der Waals surface area contributed by atoms with Crippen molar-refractivity contribution >= 4 is 41.4 Å². The van der Waals surface area contributed by atoms with E-state index in [-0.39, 0.29) is 30.5 Å². The number of ether oxygens (including phenoxy) is 1. The Morgan fingerprint density at radius 3 is 3.15 bits per heavy atom. The van der Waals surface area contributed by atoms with Crippen LogP contribution in [0.2, 0.25) is 0 Å². The first kappa shape index (κ1) is 17.8. The molecule has 2 N–H and O–H groups in total. The topological polar surface area (TPSA) is 55.6 Å². The lowest BCUT2D eigenvalue weighted by atomic mass is 10.1. The van der Waals surface area contributed by atoms with Gasteiger partial charge < -0.3 is 15.4 Å². The molecule has 0 radical (unpaired) electrons. The normalized spacial score (nSPS) is 20.3. The van der Waals surface area contributed by atoms with Gasteiger partial charge in [-0.25, -0.2) is 0 Å². The molecule has 0 bridgehead atoms. The second-order valence-corrected chi connectivity index (χ2v) is 6.35. The summed E-state index contributed by atoms with van der Waals surface area (Å²) in [6.07, 6.45) is 2.76. The van der Waals surface area contributed by atoms with Crippen LogP contribution in [0.1, 0.15) is 18.1 Å². The van der Waals surface area contributed by atoms with E-state index in [1.165, 1.54) is 0 Å². The lowest BCUT2D eigenvalue weighted by molar-refractivity contribution is -0.140. The third-order valence-electron chi connectivity index (χ3n) is 3.24. The van der Waals surface area contributed by atoms with Gasteiger partial charge in [-0.3, -0.25) is 4.79 Å². The van der Waals surface area contributed by atoms with E-state index < -0.39 is 0 Å². The highest BCUT2D eigenvalue weighted by molar-refractivity contribution is 7.98. The summed E-state index contributed by atoms with van der Waals surface area (Å²) in [5, 5.41) is 4.11. The smallest absolute Gasteiger partial charge is 0.239 e. The van der Waals surface area contributed by atoms with Crippen molar-refractivity contribution in [3.05, 3.63) is 22.4 Å². The third kappa shape index (κ3) is 4.63. The molecule has 7 heteroatoms. The van der Waals surface area contributed by atoms with E-state index in [0.29, 0.717) is 19.7 Å². The van der Waals surface area contributed by atoms with Crippen LogP contribution < -0.4 is 5.73 Å². The van der Waals surface area contributed by atoms with Crippen LogP contribution in [0.4, 0.5) is 0 Å². The molecule has 1 unspecified atom stereocenters. The van der Waals surface area contributed by atoms with Crippen LogP contribution in [0.15, 0.2) is 16.8 Å². The van der Waals surface area contributed by atoms with Gasteiger partial charge >= 0.3 is 0 Å². The highest BCUT2D eigenvalue weighted by Gasteiger charge is 2.28. The first-order chi connectivity index (χ1) is 9.22. The molecule has 1 aromatic heterocycles. The Labute approximate surface area is 134 Å². The van der Waals surface area contributed by atoms with Crippen molar-refractivity contribution in [3.63, 3.8) is 0 Å². The third-order valence-corrected chi connectivity index (χ3v) is 4.59. The van der Waals surface area contributed by atoms with Crippen molar-refractivity contribution in [1.29, 1.82) is 0 Å². The van der Waals surface area contributed by atoms with E-state index in [9.17, 15) is 4.79 Å². The largest absolute Gasteiger partial charge is 0.370 e. The summed E-state index contributed by atoms with van der Waals surface area (Å²) in [6.45, 7) is 1.84. The van der Waals surface area contributed by atoms with Gasteiger partial charge in [0.25, 0.3) is 0 Å². The molecule has 1 aromatic rings. The maximum atomic E-state index is 12.3. The van der Waals surface area contributed by atoms with E-state index in [1.807, 2.05) is 16.5 Å². The summed E-state index contributed by atoms with van der Waals surface area (Å²) >= 11 is 3.37. The summed E-state index contributed by atoms with van der Waals surface area (Å²) in [5.74, 6) is 0.975. The Balaban J connectivity index is 0.00000200. The highest BCUT2D eigenvalue weighted by Crippen LogP contribution is 2.24. The molecule has 1 saturated heterocycles. The van der Waals surface area contributed by atoms with Gasteiger partial charge in [-0.05, 0) is 40.8 Å². The van der Waals surface area contributed by atoms with Crippen LogP contribution >= 0.6 is 35.5 Å². The van der Waals surface area contributed by atoms with Crippen LogP contribution in [0.25, 0.3) is 0 Å². The van der Waals surface area contributed by atoms with Gasteiger partial charge in [0, 0.05) is 6.54 Å². The fourth-order valence-corrected chi connectivity index (χ4v) is 3.30. The van der Waals surface area contributed by atoms with Crippen molar-refractivity contribution < 1.29 is 9.53 Å². The van der Waals surface area contributed by atoms with Gasteiger partial charge in [-0.2, -0.15) is 23.1 Å². The van der Waals surface area contributed by atoms with E-state index in [1.54, 1.807) is 23.1 Å². The summed E-state index contributed by atoms with van der Waals surface area (Å²) < 4.78 is 5.73. The van der Waals surface area contributed by atoms with Crippen LogP contribution in [0.3, 0.4) is 0 Å². The Morgan fingerprint density at radius 1 is 1.70 bits per heavy atom. The van der Waals surface area contributed by atoms with Gasteiger partial charge in [-0.15, -0.1) is 12.4 Å². The van der Waals surface area contributed by atoms with Gasteiger partial charge in [0.15, 0.2) is 0 Å². The van der Waals surface area contributed by atoms with Crippen LogP contribution in [0, 0.1) is 0 Å². The Kier molecular flexibility index (Phi) is 7.91. The van der Waals surface area contributed by atoms with E-state index in [2.05, 4.69) is 11.4 Å². The molecule has 0 aromatic carbocycles. The zero-order valence-corrected chi connectivity index (χ0v) is 13.9. The van der Waals surface area contributed by atoms with Crippen molar-refractivity contribution in [2.75, 3.05) is 31.7 Å². The number of carbonyl (C=O) groups is 1. The van der Waals surface area contributed by atoms with E-state index in [0.717, 1.165) is 17.7 Å². The predicted molar refractivity (Wildman–Crippen MR) is 87.8 cm³/mol. The molecule has 0 spiro atoms. The number of amides is 1. The summed E-state index contributed by atoms with van der Waals surface area (Å²) in [7, 11) is 0. The first-order valence-corrected chi connectivity index (χ1v) is 8.73. The van der Waals surface area contributed by atoms with Crippen LogP contribution in [0.5, 0.6) is 0 Å². The number of nitrogens with zero attached hydrogens (tertiary/aromatic N) is 1. The van der Waals surface area contributed by atoms with Crippen molar-refractivity contribution in [2.24, 2.45) is 5.73 Å². The lowest BCUT2D eigenvalue weighted by Crippen LogP contribution is -2.49. The minimum atomic E-state index is -0.381. The number of carbonyl (C=O) groups excluding carboxylic acids is 1. The van der Waals surface area contributed by atoms with Gasteiger partial charge in [0.2, 0.25) is 5.91 Å². The predicted octanol–water partition coefficient (Wildman–Crippen LogP) is 2.15. The van der Waals surface area contributed by atoms with Crippen LogP contribution in [-0.2, 0) is 9.53 Å². The first-order valence-electron chi connectivity index (χ1n) is 6.39. The molecule has 20 heavy (non-hydrogen) atoms. The number of hydrogen-bond donors (Lipinski definition) is 1. The SMILES string of the molecule is CSCC[C@H](N)C(=O)N1CCOC(c2ccsc2)C1.Cl. The zero-order chi connectivity index (χ0) is 13.7. The number of hydrogen-bond acceptors (Lipinski definition) is 5. The van der Waals surface area contributed by atoms with Crippen molar-refractivity contribution in [2.45, 2.75) is 18.6 Å². The molecule has 1 fully saturated rings. The van der Waals surface area contributed by atoms with Crippen molar-refractivity contribution in [1.82, 2.24) is 4.90 Å². The fourth-order valence-electron chi connectivity index (χ4n) is 2.11. The molecule has 4 nitrogen and oxygen atoms in total. The number of thiophene rings is 1. The monoisotopic (exact) mass is 336 g/mol. The summed E-state index contributed by atoms with van der Waals surface area (Å²) in [6, 6.07) is 1.67. The number of halogens is 1. The average Bonchev–Trinajstić information content (AvgIpc) is 2.98. The molecule has 1 amide bonds. The Hall–Kier alpha value is -0.270. The summed E-state index contributed by atoms with van der Waals surface area (Å²) in [5.41, 5.74) is 7.11. The molecule has 0 aliphatic carbocycles. The minimum Gasteiger partial charge on any atom is -0.370 e. The van der Waals surface area contributed by atoms with E-state index in [4.69, 9.17) is 10.5 Å². The molecule has 0 saturated carbocycles. The van der Waals surface area contributed by atoms with E-state index >= 15 is 0 Å².